The number of hydrogen-bond donors (Lipinski definition) is 6. The van der Waals surface area contributed by atoms with Crippen LogP contribution < -0.4 is 32.7 Å². The van der Waals surface area contributed by atoms with Gasteiger partial charge in [-0.1, -0.05) is 36.0 Å². The van der Waals surface area contributed by atoms with Gasteiger partial charge < -0.3 is 32.7 Å². The van der Waals surface area contributed by atoms with Gasteiger partial charge in [0.05, 0.1) is 0 Å². The lowest BCUT2D eigenvalue weighted by Gasteiger charge is -2.24. The first-order valence-corrected chi connectivity index (χ1v) is 11.4. The van der Waals surface area contributed by atoms with Crippen molar-refractivity contribution in [2.24, 2.45) is 32.9 Å². The molecule has 0 aromatic heterocycles. The SMILES string of the molecule is N=C(N=C(N)N)N(CCCCCCN(C(=N)N=C(N)N)c1ccc(Cl)cc1)c1ccc(Cl)cc1. The summed E-state index contributed by atoms with van der Waals surface area (Å²) in [5, 5.41) is 17.7. The highest BCUT2D eigenvalue weighted by Crippen LogP contribution is 2.21. The minimum Gasteiger partial charge on any atom is -0.370 e. The first-order valence-electron chi connectivity index (χ1n) is 10.6. The van der Waals surface area contributed by atoms with Crippen LogP contribution in [0.1, 0.15) is 25.7 Å². The second-order valence-electron chi connectivity index (χ2n) is 7.39. The van der Waals surface area contributed by atoms with E-state index in [1.165, 1.54) is 0 Å². The molecular formula is C22H30Cl2N10. The van der Waals surface area contributed by atoms with E-state index >= 15 is 0 Å². The van der Waals surface area contributed by atoms with Crippen LogP contribution in [0.3, 0.4) is 0 Å². The molecule has 0 amide bonds. The molecule has 0 spiro atoms. The highest BCUT2D eigenvalue weighted by molar-refractivity contribution is 6.31. The Hall–Kier alpha value is -3.50. The van der Waals surface area contributed by atoms with Gasteiger partial charge in [-0.25, -0.2) is 0 Å². The van der Waals surface area contributed by atoms with Gasteiger partial charge in [-0.15, -0.1) is 0 Å². The normalized spacial score (nSPS) is 10.3. The lowest BCUT2D eigenvalue weighted by Crippen LogP contribution is -2.34. The minimum atomic E-state index is -0.172. The molecule has 2 rings (SSSR count). The average Bonchev–Trinajstić information content (AvgIpc) is 2.76. The summed E-state index contributed by atoms with van der Waals surface area (Å²) in [5.74, 6) is -0.423. The summed E-state index contributed by atoms with van der Waals surface area (Å²) in [6.07, 6.45) is 3.39. The van der Waals surface area contributed by atoms with Crippen molar-refractivity contribution in [1.82, 2.24) is 0 Å². The van der Waals surface area contributed by atoms with Crippen LogP contribution in [-0.4, -0.2) is 36.9 Å². The van der Waals surface area contributed by atoms with Gasteiger partial charge in [0.15, 0.2) is 11.9 Å². The van der Waals surface area contributed by atoms with E-state index in [2.05, 4.69) is 9.98 Å². The van der Waals surface area contributed by atoms with Crippen molar-refractivity contribution in [3.8, 4) is 0 Å². The largest absolute Gasteiger partial charge is 0.370 e. The number of nitrogens with two attached hydrogens (primary N) is 4. The van der Waals surface area contributed by atoms with Crippen LogP contribution in [-0.2, 0) is 0 Å². The Morgan fingerprint density at radius 3 is 1.24 bits per heavy atom. The maximum Gasteiger partial charge on any atom is 0.225 e. The highest BCUT2D eigenvalue weighted by Gasteiger charge is 2.14. The van der Waals surface area contributed by atoms with Crippen LogP contribution in [0.25, 0.3) is 0 Å². The zero-order valence-corrected chi connectivity index (χ0v) is 20.2. The molecule has 2 aromatic rings. The number of nitrogens with zero attached hydrogens (tertiary/aromatic N) is 4. The minimum absolute atomic E-state index is 0.0399. The third-order valence-corrected chi connectivity index (χ3v) is 5.28. The Morgan fingerprint density at radius 1 is 0.618 bits per heavy atom. The van der Waals surface area contributed by atoms with Crippen molar-refractivity contribution < 1.29 is 0 Å². The lowest BCUT2D eigenvalue weighted by molar-refractivity contribution is 0.647. The molecule has 10 N–H and O–H groups in total. The molecule has 0 heterocycles. The lowest BCUT2D eigenvalue weighted by atomic mass is 10.1. The Kier molecular flexibility index (Phi) is 10.4. The maximum atomic E-state index is 8.23. The number of nitrogens with one attached hydrogen (secondary N) is 2. The summed E-state index contributed by atoms with van der Waals surface area (Å²) in [4.78, 5) is 11.2. The molecule has 0 bridgehead atoms. The summed E-state index contributed by atoms with van der Waals surface area (Å²) in [6.45, 7) is 1.12. The van der Waals surface area contributed by atoms with E-state index in [0.29, 0.717) is 23.1 Å². The maximum absolute atomic E-state index is 8.23. The molecule has 0 saturated carbocycles. The molecule has 0 aliphatic rings. The first-order chi connectivity index (χ1) is 16.2. The van der Waals surface area contributed by atoms with Gasteiger partial charge in [-0.2, -0.15) is 9.98 Å². The number of anilines is 2. The Labute approximate surface area is 209 Å². The van der Waals surface area contributed by atoms with Gasteiger partial charge in [0, 0.05) is 34.5 Å². The number of rotatable bonds is 9. The average molecular weight is 505 g/mol. The predicted molar refractivity (Wildman–Crippen MR) is 143 cm³/mol. The Morgan fingerprint density at radius 2 is 0.941 bits per heavy atom. The third-order valence-electron chi connectivity index (χ3n) is 4.77. The first kappa shape index (κ1) is 26.7. The van der Waals surface area contributed by atoms with Gasteiger partial charge in [0.2, 0.25) is 11.9 Å². The fourth-order valence-corrected chi connectivity index (χ4v) is 3.47. The number of aliphatic imine (C=N–C) groups is 2. The van der Waals surface area contributed by atoms with E-state index < -0.39 is 0 Å². The van der Waals surface area contributed by atoms with Crippen molar-refractivity contribution in [2.75, 3.05) is 22.9 Å². The van der Waals surface area contributed by atoms with Gasteiger partial charge in [0.1, 0.15) is 0 Å². The van der Waals surface area contributed by atoms with E-state index in [0.717, 1.165) is 37.1 Å². The smallest absolute Gasteiger partial charge is 0.225 e. The van der Waals surface area contributed by atoms with E-state index in [-0.39, 0.29) is 23.8 Å². The van der Waals surface area contributed by atoms with Gasteiger partial charge in [-0.05, 0) is 61.4 Å². The van der Waals surface area contributed by atoms with E-state index in [1.807, 2.05) is 24.3 Å². The van der Waals surface area contributed by atoms with Crippen molar-refractivity contribution in [1.29, 1.82) is 10.8 Å². The topological polar surface area (TPSA) is 183 Å². The monoisotopic (exact) mass is 504 g/mol. The number of halogens is 2. The van der Waals surface area contributed by atoms with Gasteiger partial charge >= 0.3 is 0 Å². The number of guanidine groups is 4. The molecule has 2 aromatic carbocycles. The number of unbranched alkanes of at least 4 members (excludes halogenated alkanes) is 3. The highest BCUT2D eigenvalue weighted by atomic mass is 35.5. The summed E-state index contributed by atoms with van der Waals surface area (Å²) < 4.78 is 0. The number of hydrogen-bond acceptors (Lipinski definition) is 2. The zero-order valence-electron chi connectivity index (χ0n) is 18.7. The van der Waals surface area contributed by atoms with Crippen molar-refractivity contribution >= 4 is 58.4 Å². The molecule has 10 nitrogen and oxygen atoms in total. The number of benzene rings is 2. The fourth-order valence-electron chi connectivity index (χ4n) is 3.22. The van der Waals surface area contributed by atoms with E-state index in [9.17, 15) is 0 Å². The third kappa shape index (κ3) is 8.80. The quantitative estimate of drug-likeness (QED) is 0.173. The van der Waals surface area contributed by atoms with Crippen molar-refractivity contribution in [3.05, 3.63) is 58.6 Å². The van der Waals surface area contributed by atoms with Crippen LogP contribution >= 0.6 is 23.2 Å². The zero-order chi connectivity index (χ0) is 25.1. The van der Waals surface area contributed by atoms with Crippen LogP contribution in [0.4, 0.5) is 11.4 Å². The standard InChI is InChI=1S/C22H30Cl2N10/c23-15-5-9-17(10-6-15)33(21(29)31-19(25)26)13-3-1-2-4-14-34(22(30)32-20(27)28)18-11-7-16(24)8-12-18/h5-12H,1-4,13-14H2,(H5,25,26,29,31)(H5,27,28,30,32). The molecule has 0 aliphatic carbocycles. The van der Waals surface area contributed by atoms with Crippen LogP contribution in [0, 0.1) is 10.8 Å². The summed E-state index contributed by atoms with van der Waals surface area (Å²) in [5.41, 5.74) is 23.4. The summed E-state index contributed by atoms with van der Waals surface area (Å²) >= 11 is 12.0. The molecule has 182 valence electrons. The van der Waals surface area contributed by atoms with Crippen LogP contribution in [0.5, 0.6) is 0 Å². The Balaban J connectivity index is 1.94. The molecule has 34 heavy (non-hydrogen) atoms. The summed E-state index contributed by atoms with van der Waals surface area (Å²) in [6, 6.07) is 14.3. The van der Waals surface area contributed by atoms with Crippen LogP contribution in [0.15, 0.2) is 58.5 Å². The van der Waals surface area contributed by atoms with Gasteiger partial charge in [0.25, 0.3) is 0 Å². The van der Waals surface area contributed by atoms with Crippen molar-refractivity contribution in [2.45, 2.75) is 25.7 Å². The second kappa shape index (κ2) is 13.3. The van der Waals surface area contributed by atoms with Crippen LogP contribution in [0.2, 0.25) is 10.0 Å². The molecular weight excluding hydrogens is 475 g/mol. The molecule has 0 fully saturated rings. The van der Waals surface area contributed by atoms with E-state index in [1.54, 1.807) is 34.1 Å². The predicted octanol–water partition coefficient (Wildman–Crippen LogP) is 3.28. The molecule has 0 atom stereocenters. The molecule has 12 heteroatoms. The van der Waals surface area contributed by atoms with E-state index in [4.69, 9.17) is 57.0 Å². The molecule has 0 aliphatic heterocycles. The van der Waals surface area contributed by atoms with Gasteiger partial charge in [-0.3, -0.25) is 10.8 Å². The molecule has 0 unspecified atom stereocenters. The summed E-state index contributed by atoms with van der Waals surface area (Å²) in [7, 11) is 0. The fraction of sp³-hybridized carbons (Fsp3) is 0.273. The molecule has 0 radical (unpaired) electrons. The van der Waals surface area contributed by atoms with Crippen molar-refractivity contribution in [3.63, 3.8) is 0 Å². The second-order valence-corrected chi connectivity index (χ2v) is 8.26. The Bertz CT molecular complexity index is 927. The molecule has 0 saturated heterocycles.